The fourth-order valence-corrected chi connectivity index (χ4v) is 1.87. The summed E-state index contributed by atoms with van der Waals surface area (Å²) in [7, 11) is 0. The Labute approximate surface area is 97.4 Å². The number of nitrogens with zero attached hydrogens (tertiary/aromatic N) is 1. The first-order valence-corrected chi connectivity index (χ1v) is 6.32. The Morgan fingerprint density at radius 1 is 1.12 bits per heavy atom. The van der Waals surface area contributed by atoms with Crippen molar-refractivity contribution in [2.24, 2.45) is 0 Å². The van der Waals surface area contributed by atoms with Crippen molar-refractivity contribution >= 4 is 11.8 Å². The van der Waals surface area contributed by atoms with E-state index in [9.17, 15) is 9.59 Å². The molecule has 0 unspecified atom stereocenters. The molecule has 1 rings (SSSR count). The second-order valence-corrected chi connectivity index (χ2v) is 4.32. The van der Waals surface area contributed by atoms with E-state index in [-0.39, 0.29) is 5.91 Å². The molecular weight excluding hydrogens is 204 g/mol. The van der Waals surface area contributed by atoms with Gasteiger partial charge >= 0.3 is 11.8 Å². The molecule has 1 aliphatic heterocycles. The van der Waals surface area contributed by atoms with Crippen molar-refractivity contribution in [2.75, 3.05) is 19.6 Å². The van der Waals surface area contributed by atoms with E-state index in [1.54, 1.807) is 4.90 Å². The maximum atomic E-state index is 11.8. The SMILES string of the molecule is CCCCNC(=O)C(=O)N1CCCCCC1. The van der Waals surface area contributed by atoms with Crippen LogP contribution in [0.15, 0.2) is 0 Å². The van der Waals surface area contributed by atoms with Crippen LogP contribution >= 0.6 is 0 Å². The molecule has 1 aliphatic rings. The summed E-state index contributed by atoms with van der Waals surface area (Å²) in [5, 5.41) is 2.67. The normalized spacial score (nSPS) is 16.7. The number of nitrogens with one attached hydrogen (secondary N) is 1. The zero-order valence-electron chi connectivity index (χ0n) is 10.1. The average Bonchev–Trinajstić information content (AvgIpc) is 2.56. The Kier molecular flexibility index (Phi) is 5.90. The van der Waals surface area contributed by atoms with Crippen LogP contribution in [0.3, 0.4) is 0 Å². The summed E-state index contributed by atoms with van der Waals surface area (Å²) in [6, 6.07) is 0. The molecule has 0 atom stereocenters. The van der Waals surface area contributed by atoms with Crippen LogP contribution in [0.25, 0.3) is 0 Å². The van der Waals surface area contributed by atoms with Crippen LogP contribution in [0, 0.1) is 0 Å². The van der Waals surface area contributed by atoms with Crippen molar-refractivity contribution in [3.05, 3.63) is 0 Å². The third-order valence-electron chi connectivity index (χ3n) is 2.90. The lowest BCUT2D eigenvalue weighted by atomic mass is 10.2. The molecule has 2 amide bonds. The first-order chi connectivity index (χ1) is 7.75. The van der Waals surface area contributed by atoms with Crippen LogP contribution in [0.1, 0.15) is 45.4 Å². The lowest BCUT2D eigenvalue weighted by Gasteiger charge is -2.19. The van der Waals surface area contributed by atoms with Gasteiger partial charge in [-0.2, -0.15) is 0 Å². The number of hydrogen-bond donors (Lipinski definition) is 1. The highest BCUT2D eigenvalue weighted by Crippen LogP contribution is 2.09. The van der Waals surface area contributed by atoms with Gasteiger partial charge in [0.05, 0.1) is 0 Å². The molecule has 16 heavy (non-hydrogen) atoms. The monoisotopic (exact) mass is 226 g/mol. The molecular formula is C12H22N2O2. The molecule has 0 saturated carbocycles. The maximum Gasteiger partial charge on any atom is 0.311 e. The van der Waals surface area contributed by atoms with E-state index in [4.69, 9.17) is 0 Å². The van der Waals surface area contributed by atoms with Crippen molar-refractivity contribution in [3.8, 4) is 0 Å². The predicted octanol–water partition coefficient (Wildman–Crippen LogP) is 1.31. The molecule has 1 heterocycles. The maximum absolute atomic E-state index is 11.8. The van der Waals surface area contributed by atoms with Crippen molar-refractivity contribution in [1.82, 2.24) is 10.2 Å². The van der Waals surface area contributed by atoms with Crippen LogP contribution in [0.4, 0.5) is 0 Å². The van der Waals surface area contributed by atoms with Gasteiger partial charge < -0.3 is 10.2 Å². The number of carbonyl (C=O) groups excluding carboxylic acids is 2. The van der Waals surface area contributed by atoms with Gasteiger partial charge in [-0.05, 0) is 19.3 Å². The lowest BCUT2D eigenvalue weighted by molar-refractivity contribution is -0.145. The van der Waals surface area contributed by atoms with E-state index in [0.717, 1.165) is 38.8 Å². The molecule has 0 bridgehead atoms. The topological polar surface area (TPSA) is 49.4 Å². The number of likely N-dealkylation sites (tertiary alicyclic amines) is 1. The zero-order chi connectivity index (χ0) is 11.8. The summed E-state index contributed by atoms with van der Waals surface area (Å²) in [6.45, 7) is 4.14. The predicted molar refractivity (Wildman–Crippen MR) is 63.0 cm³/mol. The van der Waals surface area contributed by atoms with Crippen LogP contribution in [0.5, 0.6) is 0 Å². The quantitative estimate of drug-likeness (QED) is 0.582. The minimum absolute atomic E-state index is 0.349. The Morgan fingerprint density at radius 2 is 1.75 bits per heavy atom. The Morgan fingerprint density at radius 3 is 2.31 bits per heavy atom. The van der Waals surface area contributed by atoms with Crippen LogP contribution in [-0.2, 0) is 9.59 Å². The van der Waals surface area contributed by atoms with Crippen LogP contribution in [0.2, 0.25) is 0 Å². The Balaban J connectivity index is 2.33. The number of unbranched alkanes of at least 4 members (excludes halogenated alkanes) is 1. The third-order valence-corrected chi connectivity index (χ3v) is 2.90. The van der Waals surface area contributed by atoms with E-state index in [1.165, 1.54) is 12.8 Å². The molecule has 0 aliphatic carbocycles. The minimum atomic E-state index is -0.435. The van der Waals surface area contributed by atoms with Gasteiger partial charge in [-0.25, -0.2) is 0 Å². The minimum Gasteiger partial charge on any atom is -0.348 e. The van der Waals surface area contributed by atoms with Crippen molar-refractivity contribution < 1.29 is 9.59 Å². The number of hydrogen-bond acceptors (Lipinski definition) is 2. The fraction of sp³-hybridized carbons (Fsp3) is 0.833. The Hall–Kier alpha value is -1.06. The van der Waals surface area contributed by atoms with E-state index in [0.29, 0.717) is 6.54 Å². The molecule has 0 aromatic carbocycles. The molecule has 1 saturated heterocycles. The molecule has 1 fully saturated rings. The molecule has 4 nitrogen and oxygen atoms in total. The van der Waals surface area contributed by atoms with Gasteiger partial charge in [0.25, 0.3) is 0 Å². The molecule has 4 heteroatoms. The largest absolute Gasteiger partial charge is 0.348 e. The standard InChI is InChI=1S/C12H22N2O2/c1-2-3-8-13-11(15)12(16)14-9-6-4-5-7-10-14/h2-10H2,1H3,(H,13,15). The molecule has 1 N–H and O–H groups in total. The summed E-state index contributed by atoms with van der Waals surface area (Å²) in [4.78, 5) is 25.0. The lowest BCUT2D eigenvalue weighted by Crippen LogP contribution is -2.43. The van der Waals surface area contributed by atoms with Gasteiger partial charge in [-0.15, -0.1) is 0 Å². The van der Waals surface area contributed by atoms with Gasteiger partial charge in [0.1, 0.15) is 0 Å². The molecule has 0 aromatic rings. The van der Waals surface area contributed by atoms with Crippen molar-refractivity contribution in [3.63, 3.8) is 0 Å². The summed E-state index contributed by atoms with van der Waals surface area (Å²) in [6.07, 6.45) is 6.33. The van der Waals surface area contributed by atoms with E-state index >= 15 is 0 Å². The van der Waals surface area contributed by atoms with Gasteiger partial charge in [0, 0.05) is 19.6 Å². The highest BCUT2D eigenvalue weighted by molar-refractivity contribution is 6.34. The van der Waals surface area contributed by atoms with Crippen molar-refractivity contribution in [1.29, 1.82) is 0 Å². The zero-order valence-corrected chi connectivity index (χ0v) is 10.1. The van der Waals surface area contributed by atoms with Crippen LogP contribution in [-0.4, -0.2) is 36.3 Å². The van der Waals surface area contributed by atoms with E-state index in [1.807, 2.05) is 0 Å². The smallest absolute Gasteiger partial charge is 0.311 e. The second kappa shape index (κ2) is 7.25. The molecule has 0 spiro atoms. The summed E-state index contributed by atoms with van der Waals surface area (Å²) in [5.74, 6) is -0.784. The van der Waals surface area contributed by atoms with Gasteiger partial charge in [0.2, 0.25) is 0 Å². The molecule has 92 valence electrons. The van der Waals surface area contributed by atoms with Gasteiger partial charge in [-0.1, -0.05) is 26.2 Å². The highest BCUT2D eigenvalue weighted by Gasteiger charge is 2.21. The molecule has 0 aromatic heterocycles. The van der Waals surface area contributed by atoms with Gasteiger partial charge in [-0.3, -0.25) is 9.59 Å². The highest BCUT2D eigenvalue weighted by atomic mass is 16.2. The summed E-state index contributed by atoms with van der Waals surface area (Å²) in [5.41, 5.74) is 0. The average molecular weight is 226 g/mol. The number of carbonyl (C=O) groups is 2. The Bertz CT molecular complexity index is 233. The summed E-state index contributed by atoms with van der Waals surface area (Å²) < 4.78 is 0. The number of rotatable bonds is 3. The van der Waals surface area contributed by atoms with Crippen molar-refractivity contribution in [2.45, 2.75) is 45.4 Å². The summed E-state index contributed by atoms with van der Waals surface area (Å²) >= 11 is 0. The first kappa shape index (κ1) is 13.0. The fourth-order valence-electron chi connectivity index (χ4n) is 1.87. The van der Waals surface area contributed by atoms with Crippen LogP contribution < -0.4 is 5.32 Å². The van der Waals surface area contributed by atoms with Gasteiger partial charge in [0.15, 0.2) is 0 Å². The van der Waals surface area contributed by atoms with E-state index in [2.05, 4.69) is 12.2 Å². The third kappa shape index (κ3) is 4.21. The second-order valence-electron chi connectivity index (χ2n) is 4.32. The molecule has 0 radical (unpaired) electrons. The number of amides is 2. The van der Waals surface area contributed by atoms with E-state index < -0.39 is 5.91 Å². The first-order valence-electron chi connectivity index (χ1n) is 6.32.